The third-order valence-electron chi connectivity index (χ3n) is 6.16. The predicted octanol–water partition coefficient (Wildman–Crippen LogP) is 3.64. The van der Waals surface area contributed by atoms with E-state index in [1.54, 1.807) is 13.8 Å². The SMILES string of the molecule is CCOC(=O)C1=C(C)NC(C)=C(C(=O)OCC)C1CCC1(C)CCC(C)(C)N1[O]. The van der Waals surface area contributed by atoms with Crippen LogP contribution < -0.4 is 5.32 Å². The van der Waals surface area contributed by atoms with Crippen molar-refractivity contribution in [3.8, 4) is 0 Å². The van der Waals surface area contributed by atoms with E-state index in [1.165, 1.54) is 5.06 Å². The molecule has 0 spiro atoms. The molecule has 1 fully saturated rings. The van der Waals surface area contributed by atoms with Gasteiger partial charge in [-0.25, -0.2) is 9.59 Å². The van der Waals surface area contributed by atoms with E-state index in [0.717, 1.165) is 12.8 Å². The number of ether oxygens (including phenoxy) is 2. The predicted molar refractivity (Wildman–Crippen MR) is 109 cm³/mol. The van der Waals surface area contributed by atoms with Crippen molar-refractivity contribution >= 4 is 11.9 Å². The van der Waals surface area contributed by atoms with E-state index in [9.17, 15) is 14.8 Å². The number of hydrogen-bond acceptors (Lipinski definition) is 6. The Kier molecular flexibility index (Phi) is 7.17. The smallest absolute Gasteiger partial charge is 0.336 e. The lowest BCUT2D eigenvalue weighted by molar-refractivity contribution is -0.250. The molecule has 2 heterocycles. The molecular weight excluding hydrogens is 372 g/mol. The van der Waals surface area contributed by atoms with Crippen molar-refractivity contribution in [2.75, 3.05) is 13.2 Å². The summed E-state index contributed by atoms with van der Waals surface area (Å²) in [4.78, 5) is 25.5. The van der Waals surface area contributed by atoms with Gasteiger partial charge in [0.05, 0.1) is 24.4 Å². The normalized spacial score (nSPS) is 25.2. The van der Waals surface area contributed by atoms with Crippen LogP contribution in [0.4, 0.5) is 0 Å². The molecule has 7 nitrogen and oxygen atoms in total. The van der Waals surface area contributed by atoms with E-state index in [1.807, 2.05) is 34.6 Å². The topological polar surface area (TPSA) is 87.8 Å². The molecule has 1 unspecified atom stereocenters. The summed E-state index contributed by atoms with van der Waals surface area (Å²) < 4.78 is 10.5. The molecule has 0 saturated carbocycles. The van der Waals surface area contributed by atoms with Gasteiger partial charge in [0.25, 0.3) is 0 Å². The Morgan fingerprint density at radius 3 is 1.86 bits per heavy atom. The number of nitrogens with zero attached hydrogens (tertiary/aromatic N) is 1. The average molecular weight is 408 g/mol. The second-order valence-corrected chi connectivity index (χ2v) is 8.84. The zero-order valence-corrected chi connectivity index (χ0v) is 18.8. The third-order valence-corrected chi connectivity index (χ3v) is 6.16. The number of carbonyl (C=O) groups is 2. The molecule has 0 aromatic rings. The minimum Gasteiger partial charge on any atom is -0.463 e. The highest BCUT2D eigenvalue weighted by atomic mass is 16.5. The first-order chi connectivity index (χ1) is 13.5. The summed E-state index contributed by atoms with van der Waals surface area (Å²) >= 11 is 0. The van der Waals surface area contributed by atoms with Crippen molar-refractivity contribution in [2.45, 2.75) is 85.2 Å². The fourth-order valence-electron chi connectivity index (χ4n) is 4.57. The number of esters is 2. The molecule has 7 heteroatoms. The largest absolute Gasteiger partial charge is 0.463 e. The summed E-state index contributed by atoms with van der Waals surface area (Å²) in [6.07, 6.45) is 2.66. The molecule has 163 valence electrons. The van der Waals surface area contributed by atoms with Gasteiger partial charge in [-0.05, 0) is 74.1 Å². The van der Waals surface area contributed by atoms with Gasteiger partial charge in [0.15, 0.2) is 0 Å². The maximum atomic E-state index is 12.9. The fourth-order valence-corrected chi connectivity index (χ4v) is 4.57. The summed E-state index contributed by atoms with van der Waals surface area (Å²) in [5.41, 5.74) is 1.30. The van der Waals surface area contributed by atoms with E-state index >= 15 is 0 Å². The lowest BCUT2D eigenvalue weighted by Gasteiger charge is -2.37. The van der Waals surface area contributed by atoms with Crippen molar-refractivity contribution in [3.63, 3.8) is 0 Å². The molecule has 2 aliphatic rings. The van der Waals surface area contributed by atoms with Gasteiger partial charge in [0.2, 0.25) is 0 Å². The van der Waals surface area contributed by atoms with Crippen LogP contribution in [0.2, 0.25) is 0 Å². The van der Waals surface area contributed by atoms with Crippen molar-refractivity contribution in [2.24, 2.45) is 5.92 Å². The number of dihydropyridines is 1. The third kappa shape index (κ3) is 4.67. The van der Waals surface area contributed by atoms with E-state index < -0.39 is 28.9 Å². The van der Waals surface area contributed by atoms with Crippen LogP contribution >= 0.6 is 0 Å². The Morgan fingerprint density at radius 1 is 1.00 bits per heavy atom. The molecule has 29 heavy (non-hydrogen) atoms. The summed E-state index contributed by atoms with van der Waals surface area (Å²) in [5.74, 6) is -1.34. The van der Waals surface area contributed by atoms with Gasteiger partial charge in [-0.3, -0.25) is 0 Å². The van der Waals surface area contributed by atoms with Gasteiger partial charge >= 0.3 is 11.9 Å². The van der Waals surface area contributed by atoms with Gasteiger partial charge in [0.1, 0.15) is 0 Å². The highest BCUT2D eigenvalue weighted by Gasteiger charge is 2.49. The number of hydrogen-bond donors (Lipinski definition) is 1. The minimum absolute atomic E-state index is 0.250. The Hall–Kier alpha value is -1.86. The van der Waals surface area contributed by atoms with Gasteiger partial charge in [-0.15, -0.1) is 10.3 Å². The molecule has 2 rings (SSSR count). The van der Waals surface area contributed by atoms with Crippen molar-refractivity contribution in [1.82, 2.24) is 10.4 Å². The number of rotatable bonds is 7. The van der Waals surface area contributed by atoms with Gasteiger partial charge < -0.3 is 14.8 Å². The van der Waals surface area contributed by atoms with E-state index in [2.05, 4.69) is 5.32 Å². The second kappa shape index (κ2) is 8.88. The molecule has 0 bridgehead atoms. The number of carbonyl (C=O) groups excluding carboxylic acids is 2. The number of allylic oxidation sites excluding steroid dienone is 2. The Balaban J connectivity index is 2.37. The average Bonchev–Trinajstić information content (AvgIpc) is 2.83. The fraction of sp³-hybridized carbons (Fsp3) is 0.727. The zero-order chi connectivity index (χ0) is 22.0. The maximum Gasteiger partial charge on any atom is 0.336 e. The Bertz CT molecular complexity index is 685. The highest BCUT2D eigenvalue weighted by Crippen LogP contribution is 2.44. The van der Waals surface area contributed by atoms with Crippen LogP contribution in [0.25, 0.3) is 0 Å². The second-order valence-electron chi connectivity index (χ2n) is 8.84. The van der Waals surface area contributed by atoms with Crippen LogP contribution in [0.15, 0.2) is 22.5 Å². The summed E-state index contributed by atoms with van der Waals surface area (Å²) in [7, 11) is 0. The molecule has 0 aliphatic carbocycles. The first-order valence-electron chi connectivity index (χ1n) is 10.5. The summed E-state index contributed by atoms with van der Waals surface area (Å²) in [6, 6.07) is 0. The molecule has 0 aromatic carbocycles. The van der Waals surface area contributed by atoms with Crippen LogP contribution in [-0.4, -0.2) is 41.3 Å². The van der Waals surface area contributed by atoms with Gasteiger partial charge in [0, 0.05) is 28.4 Å². The quantitative estimate of drug-likeness (QED) is 0.648. The van der Waals surface area contributed by atoms with E-state index in [-0.39, 0.29) is 13.2 Å². The molecule has 1 atom stereocenters. The van der Waals surface area contributed by atoms with Crippen molar-refractivity contribution in [1.29, 1.82) is 0 Å². The van der Waals surface area contributed by atoms with Crippen LogP contribution in [0.1, 0.15) is 74.1 Å². The Morgan fingerprint density at radius 2 is 1.48 bits per heavy atom. The van der Waals surface area contributed by atoms with Crippen LogP contribution in [-0.2, 0) is 24.3 Å². The van der Waals surface area contributed by atoms with Crippen molar-refractivity contribution < 1.29 is 24.3 Å². The molecule has 0 aromatic heterocycles. The standard InChI is InChI=1S/C22H35N2O5/c1-8-28-19(25)17-14(3)23-15(4)18(20(26)29-9-2)16(17)10-11-22(7)13-12-21(5,6)24(22)27/h16,23H,8-13H2,1-7H3. The van der Waals surface area contributed by atoms with E-state index in [0.29, 0.717) is 35.4 Å². The molecule has 2 aliphatic heterocycles. The molecule has 1 N–H and O–H groups in total. The van der Waals surface area contributed by atoms with Crippen LogP contribution in [0.5, 0.6) is 0 Å². The first kappa shape index (κ1) is 23.4. The van der Waals surface area contributed by atoms with Crippen LogP contribution in [0, 0.1) is 5.92 Å². The monoisotopic (exact) mass is 407 g/mol. The zero-order valence-electron chi connectivity index (χ0n) is 18.8. The first-order valence-corrected chi connectivity index (χ1v) is 10.5. The number of nitrogens with one attached hydrogen (secondary N) is 1. The van der Waals surface area contributed by atoms with Crippen LogP contribution in [0.3, 0.4) is 0 Å². The summed E-state index contributed by atoms with van der Waals surface area (Å²) in [6.45, 7) is 13.5. The van der Waals surface area contributed by atoms with E-state index in [4.69, 9.17) is 9.47 Å². The van der Waals surface area contributed by atoms with Gasteiger partial charge in [-0.2, -0.15) is 0 Å². The Labute approximate surface area is 174 Å². The lowest BCUT2D eigenvalue weighted by atomic mass is 9.79. The maximum absolute atomic E-state index is 12.9. The van der Waals surface area contributed by atoms with Crippen molar-refractivity contribution in [3.05, 3.63) is 22.5 Å². The minimum atomic E-state index is -0.532. The lowest BCUT2D eigenvalue weighted by Crippen LogP contribution is -2.47. The molecular formula is C22H35N2O5. The number of hydroxylamine groups is 2. The van der Waals surface area contributed by atoms with Gasteiger partial charge in [-0.1, -0.05) is 0 Å². The molecule has 0 amide bonds. The summed E-state index contributed by atoms with van der Waals surface area (Å²) in [5, 5.41) is 17.2. The molecule has 1 radical (unpaired) electrons. The highest BCUT2D eigenvalue weighted by molar-refractivity contribution is 5.97. The molecule has 1 saturated heterocycles.